The van der Waals surface area contributed by atoms with Gasteiger partial charge in [-0.05, 0) is 56.0 Å². The minimum Gasteiger partial charge on any atom is -0.351 e. The molecular weight excluding hydrogens is 535 g/mol. The average Bonchev–Trinajstić information content (AvgIpc) is 2.99. The van der Waals surface area contributed by atoms with Crippen LogP contribution in [0, 0.1) is 6.92 Å². The van der Waals surface area contributed by atoms with E-state index in [0.717, 1.165) is 31.2 Å². The maximum atomic E-state index is 14.0. The summed E-state index contributed by atoms with van der Waals surface area (Å²) in [4.78, 5) is 14.1. The summed E-state index contributed by atoms with van der Waals surface area (Å²) in [7, 11) is -4.66. The van der Waals surface area contributed by atoms with Gasteiger partial charge in [-0.25, -0.2) is 8.42 Å². The molecule has 7 heteroatoms. The lowest BCUT2D eigenvalue weighted by molar-refractivity contribution is -0.123. The molecule has 1 aliphatic carbocycles. The molecule has 0 aromatic heterocycles. The van der Waals surface area contributed by atoms with Gasteiger partial charge in [0.15, 0.2) is 0 Å². The van der Waals surface area contributed by atoms with Crippen LogP contribution in [-0.2, 0) is 14.8 Å². The second-order valence-corrected chi connectivity index (χ2v) is 14.4. The topological polar surface area (TPSA) is 75.3 Å². The van der Waals surface area contributed by atoms with Gasteiger partial charge in [-0.1, -0.05) is 122 Å². The highest BCUT2D eigenvalue weighted by Gasteiger charge is 2.36. The van der Waals surface area contributed by atoms with E-state index >= 15 is 0 Å². The molecule has 0 heterocycles. The van der Waals surface area contributed by atoms with Crippen molar-refractivity contribution >= 4 is 34.5 Å². The van der Waals surface area contributed by atoms with Crippen LogP contribution in [0.2, 0.25) is 0 Å². The van der Waals surface area contributed by atoms with Gasteiger partial charge in [0.1, 0.15) is 6.04 Å². The smallest absolute Gasteiger partial charge is 0.242 e. The zero-order valence-electron chi connectivity index (χ0n) is 22.6. The Morgan fingerprint density at radius 3 is 1.85 bits per heavy atom. The normalized spacial score (nSPS) is 18.2. The quantitative estimate of drug-likeness (QED) is 0.258. The minimum absolute atomic E-state index is 0.0668. The maximum absolute atomic E-state index is 14.0. The summed E-state index contributed by atoms with van der Waals surface area (Å²) in [6.07, 6.45) is 4.00. The third-order valence-corrected chi connectivity index (χ3v) is 11.9. The standard InChI is InChI=1S/C33H35N2O3PS/c1-25-21-23-29(24-22-25)40(37,38)35-32(26-13-5-2-6-14-26)33(36)34-30-19-11-12-20-31(30)39(27-15-7-3-8-16-27)28-17-9-4-10-18-28/h2-10,13-18,21-24,30-32,35H,11-12,19-20H2,1H3,(H,34,36)/t30-,31-,32+/m1/s1. The Morgan fingerprint density at radius 2 is 1.27 bits per heavy atom. The molecule has 0 unspecified atom stereocenters. The van der Waals surface area contributed by atoms with Crippen molar-refractivity contribution in [3.8, 4) is 0 Å². The van der Waals surface area contributed by atoms with Gasteiger partial charge >= 0.3 is 0 Å². The Bertz CT molecular complexity index is 1460. The molecule has 4 aromatic carbocycles. The van der Waals surface area contributed by atoms with E-state index in [2.05, 4.69) is 58.6 Å². The fourth-order valence-corrected chi connectivity index (χ4v) is 9.68. The van der Waals surface area contributed by atoms with Crippen LogP contribution in [0.25, 0.3) is 0 Å². The molecule has 0 saturated heterocycles. The van der Waals surface area contributed by atoms with Gasteiger partial charge in [-0.2, -0.15) is 4.72 Å². The van der Waals surface area contributed by atoms with Crippen molar-refractivity contribution in [3.05, 3.63) is 126 Å². The molecule has 4 aromatic rings. The molecular formula is C33H35N2O3PS. The van der Waals surface area contributed by atoms with E-state index in [-0.39, 0.29) is 22.5 Å². The van der Waals surface area contributed by atoms with Crippen LogP contribution < -0.4 is 20.6 Å². The second-order valence-electron chi connectivity index (χ2n) is 10.3. The SMILES string of the molecule is Cc1ccc(S(=O)(=O)N[C@H](C(=O)N[C@@H]2CCCC[C@H]2P(c2ccccc2)c2ccccc2)c2ccccc2)cc1. The molecule has 0 aliphatic heterocycles. The Morgan fingerprint density at radius 1 is 0.750 bits per heavy atom. The number of nitrogens with one attached hydrogen (secondary N) is 2. The van der Waals surface area contributed by atoms with Gasteiger partial charge in [0.05, 0.1) is 4.90 Å². The lowest BCUT2D eigenvalue weighted by Crippen LogP contribution is -2.50. The van der Waals surface area contributed by atoms with Gasteiger partial charge in [0.25, 0.3) is 0 Å². The number of rotatable bonds is 9. The van der Waals surface area contributed by atoms with E-state index in [1.165, 1.54) is 10.6 Å². The summed E-state index contributed by atoms with van der Waals surface area (Å²) in [5.74, 6) is -0.324. The highest BCUT2D eigenvalue weighted by atomic mass is 32.2. The molecule has 206 valence electrons. The number of hydrogen-bond donors (Lipinski definition) is 2. The molecule has 1 aliphatic rings. The van der Waals surface area contributed by atoms with Crippen LogP contribution in [0.5, 0.6) is 0 Å². The van der Waals surface area contributed by atoms with Crippen molar-refractivity contribution in [1.29, 1.82) is 0 Å². The summed E-state index contributed by atoms with van der Waals surface area (Å²) in [6.45, 7) is 1.91. The van der Waals surface area contributed by atoms with E-state index in [0.29, 0.717) is 5.56 Å². The molecule has 1 amide bonds. The van der Waals surface area contributed by atoms with Crippen LogP contribution in [0.15, 0.2) is 120 Å². The fourth-order valence-electron chi connectivity index (χ4n) is 5.42. The Labute approximate surface area is 238 Å². The first-order chi connectivity index (χ1) is 19.4. The molecule has 1 fully saturated rings. The van der Waals surface area contributed by atoms with E-state index in [9.17, 15) is 13.2 Å². The number of carbonyl (C=O) groups is 1. The molecule has 5 rings (SSSR count). The molecule has 40 heavy (non-hydrogen) atoms. The summed E-state index contributed by atoms with van der Waals surface area (Å²) in [5, 5.41) is 5.89. The fraction of sp³-hybridized carbons (Fsp3) is 0.242. The highest BCUT2D eigenvalue weighted by Crippen LogP contribution is 2.46. The first-order valence-electron chi connectivity index (χ1n) is 13.8. The Hall–Kier alpha value is -3.31. The minimum atomic E-state index is -3.93. The van der Waals surface area contributed by atoms with Crippen molar-refractivity contribution in [3.63, 3.8) is 0 Å². The molecule has 0 spiro atoms. The van der Waals surface area contributed by atoms with Crippen molar-refractivity contribution < 1.29 is 13.2 Å². The largest absolute Gasteiger partial charge is 0.351 e. The molecule has 0 bridgehead atoms. The number of carbonyl (C=O) groups excluding carboxylic acids is 1. The summed E-state index contributed by atoms with van der Waals surface area (Å²) in [6, 6.07) is 35.8. The first kappa shape index (κ1) is 28.2. The van der Waals surface area contributed by atoms with Gasteiger partial charge in [0, 0.05) is 11.7 Å². The number of hydrogen-bond acceptors (Lipinski definition) is 3. The molecule has 3 atom stereocenters. The summed E-state index contributed by atoms with van der Waals surface area (Å²) < 4.78 is 29.5. The monoisotopic (exact) mass is 570 g/mol. The van der Waals surface area contributed by atoms with Crippen molar-refractivity contribution in [1.82, 2.24) is 10.0 Å². The summed E-state index contributed by atoms with van der Waals surface area (Å²) >= 11 is 0. The maximum Gasteiger partial charge on any atom is 0.242 e. The predicted molar refractivity (Wildman–Crippen MR) is 164 cm³/mol. The molecule has 5 nitrogen and oxygen atoms in total. The van der Waals surface area contributed by atoms with E-state index in [1.807, 2.05) is 37.3 Å². The second kappa shape index (κ2) is 12.9. The van der Waals surface area contributed by atoms with Crippen LogP contribution in [0.3, 0.4) is 0 Å². The zero-order valence-corrected chi connectivity index (χ0v) is 24.3. The molecule has 0 radical (unpaired) electrons. The lowest BCUT2D eigenvalue weighted by atomic mass is 9.94. The number of benzene rings is 4. The molecule has 1 saturated carbocycles. The number of amides is 1. The number of sulfonamides is 1. The zero-order chi connectivity index (χ0) is 28.0. The highest BCUT2D eigenvalue weighted by molar-refractivity contribution is 7.89. The summed E-state index contributed by atoms with van der Waals surface area (Å²) in [5.41, 5.74) is 1.81. The first-order valence-corrected chi connectivity index (χ1v) is 16.7. The van der Waals surface area contributed by atoms with E-state index in [4.69, 9.17) is 0 Å². The Balaban J connectivity index is 1.45. The van der Waals surface area contributed by atoms with E-state index in [1.54, 1.807) is 36.4 Å². The van der Waals surface area contributed by atoms with Gasteiger partial charge in [0.2, 0.25) is 15.9 Å². The third kappa shape index (κ3) is 6.69. The van der Waals surface area contributed by atoms with Gasteiger partial charge in [-0.3, -0.25) is 4.79 Å². The Kier molecular flexibility index (Phi) is 9.11. The lowest BCUT2D eigenvalue weighted by Gasteiger charge is -2.39. The van der Waals surface area contributed by atoms with Gasteiger partial charge < -0.3 is 5.32 Å². The predicted octanol–water partition coefficient (Wildman–Crippen LogP) is 5.57. The van der Waals surface area contributed by atoms with Crippen LogP contribution >= 0.6 is 7.92 Å². The van der Waals surface area contributed by atoms with E-state index < -0.39 is 24.0 Å². The van der Waals surface area contributed by atoms with Crippen molar-refractivity contribution in [2.24, 2.45) is 0 Å². The van der Waals surface area contributed by atoms with Crippen molar-refractivity contribution in [2.45, 2.75) is 55.2 Å². The van der Waals surface area contributed by atoms with Crippen LogP contribution in [0.4, 0.5) is 0 Å². The average molecular weight is 571 g/mol. The number of aryl methyl sites for hydroxylation is 1. The van der Waals surface area contributed by atoms with Crippen LogP contribution in [0.1, 0.15) is 42.9 Å². The van der Waals surface area contributed by atoms with Gasteiger partial charge in [-0.15, -0.1) is 0 Å². The molecule has 2 N–H and O–H groups in total. The third-order valence-electron chi connectivity index (χ3n) is 7.46. The van der Waals surface area contributed by atoms with Crippen molar-refractivity contribution in [2.75, 3.05) is 0 Å². The van der Waals surface area contributed by atoms with Crippen LogP contribution in [-0.4, -0.2) is 26.0 Å².